The third-order valence-electron chi connectivity index (χ3n) is 4.64. The van der Waals surface area contributed by atoms with E-state index < -0.39 is 0 Å². The Bertz CT molecular complexity index is 587. The van der Waals surface area contributed by atoms with Crippen LogP contribution >= 0.6 is 0 Å². The van der Waals surface area contributed by atoms with Crippen LogP contribution < -0.4 is 9.64 Å². The van der Waals surface area contributed by atoms with Crippen molar-refractivity contribution in [3.63, 3.8) is 0 Å². The second-order valence-corrected chi connectivity index (χ2v) is 6.45. The Hall–Kier alpha value is -2.00. The van der Waals surface area contributed by atoms with Crippen LogP contribution in [0.15, 0.2) is 54.6 Å². The summed E-state index contributed by atoms with van der Waals surface area (Å²) >= 11 is 0. The van der Waals surface area contributed by atoms with Gasteiger partial charge in [-0.25, -0.2) is 0 Å². The van der Waals surface area contributed by atoms with Gasteiger partial charge >= 0.3 is 0 Å². The van der Waals surface area contributed by atoms with Crippen molar-refractivity contribution < 1.29 is 4.74 Å². The lowest BCUT2D eigenvalue weighted by atomic mass is 10.0. The predicted octanol–water partition coefficient (Wildman–Crippen LogP) is 3.80. The largest absolute Gasteiger partial charge is 0.489 e. The zero-order chi connectivity index (χ0) is 16.1. The highest BCUT2D eigenvalue weighted by Crippen LogP contribution is 2.24. The SMILES string of the molecule is CN(C)C1CCN(c2ccc(OCc3ccccc3)cc2)CC1. The quantitative estimate of drug-likeness (QED) is 0.835. The summed E-state index contributed by atoms with van der Waals surface area (Å²) in [6, 6.07) is 19.5. The molecule has 0 radical (unpaired) electrons. The second-order valence-electron chi connectivity index (χ2n) is 6.45. The van der Waals surface area contributed by atoms with Crippen molar-refractivity contribution in [2.24, 2.45) is 0 Å². The van der Waals surface area contributed by atoms with Crippen LogP contribution in [0.4, 0.5) is 5.69 Å². The molecule has 0 bridgehead atoms. The van der Waals surface area contributed by atoms with Crippen LogP contribution in [0.25, 0.3) is 0 Å². The highest BCUT2D eigenvalue weighted by molar-refractivity contribution is 5.49. The van der Waals surface area contributed by atoms with E-state index in [-0.39, 0.29) is 0 Å². The van der Waals surface area contributed by atoms with Crippen molar-refractivity contribution in [2.75, 3.05) is 32.1 Å². The number of rotatable bonds is 5. The standard InChI is InChI=1S/C20H26N2O/c1-21(2)18-12-14-22(15-13-18)19-8-10-20(11-9-19)23-16-17-6-4-3-5-7-17/h3-11,18H,12-16H2,1-2H3. The first kappa shape index (κ1) is 15.9. The third-order valence-corrected chi connectivity index (χ3v) is 4.64. The fourth-order valence-corrected chi connectivity index (χ4v) is 3.13. The van der Waals surface area contributed by atoms with E-state index in [9.17, 15) is 0 Å². The maximum atomic E-state index is 5.86. The van der Waals surface area contributed by atoms with Crippen molar-refractivity contribution in [1.29, 1.82) is 0 Å². The van der Waals surface area contributed by atoms with Crippen LogP contribution in [-0.2, 0) is 6.61 Å². The van der Waals surface area contributed by atoms with Gasteiger partial charge in [-0.3, -0.25) is 0 Å². The van der Waals surface area contributed by atoms with Gasteiger partial charge in [0.1, 0.15) is 12.4 Å². The van der Waals surface area contributed by atoms with Gasteiger partial charge in [0, 0.05) is 24.8 Å². The maximum Gasteiger partial charge on any atom is 0.119 e. The maximum absolute atomic E-state index is 5.86. The lowest BCUT2D eigenvalue weighted by Gasteiger charge is -2.36. The first-order chi connectivity index (χ1) is 11.2. The van der Waals surface area contributed by atoms with Gasteiger partial charge in [0.05, 0.1) is 0 Å². The lowest BCUT2D eigenvalue weighted by molar-refractivity contribution is 0.249. The van der Waals surface area contributed by atoms with E-state index >= 15 is 0 Å². The molecule has 3 heteroatoms. The number of anilines is 1. The molecule has 1 heterocycles. The Morgan fingerprint density at radius 2 is 1.61 bits per heavy atom. The van der Waals surface area contributed by atoms with Gasteiger partial charge in [0.2, 0.25) is 0 Å². The molecule has 0 amide bonds. The number of piperidine rings is 1. The zero-order valence-corrected chi connectivity index (χ0v) is 14.1. The molecule has 3 rings (SSSR count). The van der Waals surface area contributed by atoms with E-state index in [4.69, 9.17) is 4.74 Å². The van der Waals surface area contributed by atoms with E-state index in [1.807, 2.05) is 18.2 Å². The van der Waals surface area contributed by atoms with E-state index in [0.717, 1.165) is 24.9 Å². The van der Waals surface area contributed by atoms with Gasteiger partial charge in [0.25, 0.3) is 0 Å². The van der Waals surface area contributed by atoms with Gasteiger partial charge in [-0.15, -0.1) is 0 Å². The van der Waals surface area contributed by atoms with Gasteiger partial charge in [-0.05, 0) is 56.8 Å². The van der Waals surface area contributed by atoms with E-state index in [2.05, 4.69) is 60.3 Å². The Morgan fingerprint density at radius 3 is 2.22 bits per heavy atom. The molecule has 3 nitrogen and oxygen atoms in total. The van der Waals surface area contributed by atoms with E-state index in [0.29, 0.717) is 6.61 Å². The summed E-state index contributed by atoms with van der Waals surface area (Å²) in [5, 5.41) is 0. The number of ether oxygens (including phenoxy) is 1. The number of nitrogens with zero attached hydrogens (tertiary/aromatic N) is 2. The topological polar surface area (TPSA) is 15.7 Å². The fraction of sp³-hybridized carbons (Fsp3) is 0.400. The van der Waals surface area contributed by atoms with Crippen molar-refractivity contribution in [3.8, 4) is 5.75 Å². The summed E-state index contributed by atoms with van der Waals surface area (Å²) < 4.78 is 5.86. The summed E-state index contributed by atoms with van der Waals surface area (Å²) in [6.07, 6.45) is 2.47. The Balaban J connectivity index is 1.53. The fourth-order valence-electron chi connectivity index (χ4n) is 3.13. The smallest absolute Gasteiger partial charge is 0.119 e. The molecule has 2 aromatic rings. The van der Waals surface area contributed by atoms with E-state index in [1.54, 1.807) is 0 Å². The Kier molecular flexibility index (Phi) is 5.19. The number of hydrogen-bond acceptors (Lipinski definition) is 3. The molecule has 0 N–H and O–H groups in total. The summed E-state index contributed by atoms with van der Waals surface area (Å²) in [5.41, 5.74) is 2.50. The monoisotopic (exact) mass is 310 g/mol. The van der Waals surface area contributed by atoms with Crippen LogP contribution in [0.1, 0.15) is 18.4 Å². The lowest BCUT2D eigenvalue weighted by Crippen LogP contribution is -2.41. The van der Waals surface area contributed by atoms with Crippen molar-refractivity contribution in [1.82, 2.24) is 4.90 Å². The Morgan fingerprint density at radius 1 is 0.957 bits per heavy atom. The molecule has 0 unspecified atom stereocenters. The third kappa shape index (κ3) is 4.26. The minimum Gasteiger partial charge on any atom is -0.489 e. The van der Waals surface area contributed by atoms with Gasteiger partial charge in [-0.1, -0.05) is 30.3 Å². The molecule has 23 heavy (non-hydrogen) atoms. The normalized spacial score (nSPS) is 15.9. The first-order valence-corrected chi connectivity index (χ1v) is 8.40. The second kappa shape index (κ2) is 7.51. The zero-order valence-electron chi connectivity index (χ0n) is 14.1. The van der Waals surface area contributed by atoms with Gasteiger partial charge in [0.15, 0.2) is 0 Å². The molecule has 1 saturated heterocycles. The molecular formula is C20H26N2O. The highest BCUT2D eigenvalue weighted by Gasteiger charge is 2.20. The molecule has 1 aliphatic heterocycles. The molecule has 0 saturated carbocycles. The number of hydrogen-bond donors (Lipinski definition) is 0. The van der Waals surface area contributed by atoms with Crippen LogP contribution in [0.2, 0.25) is 0 Å². The number of benzene rings is 2. The molecule has 0 aliphatic carbocycles. The summed E-state index contributed by atoms with van der Waals surface area (Å²) in [7, 11) is 4.36. The molecule has 0 aromatic heterocycles. The molecule has 0 spiro atoms. The van der Waals surface area contributed by atoms with Gasteiger partial charge < -0.3 is 14.5 Å². The van der Waals surface area contributed by atoms with Gasteiger partial charge in [-0.2, -0.15) is 0 Å². The Labute approximate surface area is 139 Å². The van der Waals surface area contributed by atoms with E-state index in [1.165, 1.54) is 24.1 Å². The van der Waals surface area contributed by atoms with Crippen molar-refractivity contribution in [2.45, 2.75) is 25.5 Å². The molecular weight excluding hydrogens is 284 g/mol. The average Bonchev–Trinajstić information content (AvgIpc) is 2.61. The minimum absolute atomic E-state index is 0.619. The molecule has 1 fully saturated rings. The summed E-state index contributed by atoms with van der Waals surface area (Å²) in [6.45, 7) is 2.88. The molecule has 122 valence electrons. The molecule has 1 aliphatic rings. The van der Waals surface area contributed by atoms with Crippen LogP contribution in [-0.4, -0.2) is 38.1 Å². The summed E-state index contributed by atoms with van der Waals surface area (Å²) in [5.74, 6) is 0.931. The van der Waals surface area contributed by atoms with Crippen molar-refractivity contribution >= 4 is 5.69 Å². The van der Waals surface area contributed by atoms with Crippen LogP contribution in [0.5, 0.6) is 5.75 Å². The average molecular weight is 310 g/mol. The molecule has 2 aromatic carbocycles. The first-order valence-electron chi connectivity index (χ1n) is 8.40. The van der Waals surface area contributed by atoms with Crippen LogP contribution in [0, 0.1) is 0 Å². The highest BCUT2D eigenvalue weighted by atomic mass is 16.5. The minimum atomic E-state index is 0.619. The van der Waals surface area contributed by atoms with Crippen LogP contribution in [0.3, 0.4) is 0 Å². The molecule has 0 atom stereocenters. The summed E-state index contributed by atoms with van der Waals surface area (Å²) in [4.78, 5) is 4.82. The predicted molar refractivity (Wildman–Crippen MR) is 96.1 cm³/mol. The van der Waals surface area contributed by atoms with Crippen molar-refractivity contribution in [3.05, 3.63) is 60.2 Å².